The van der Waals surface area contributed by atoms with E-state index < -0.39 is 6.10 Å². The molecule has 6 heteroatoms. The number of ether oxygens (including phenoxy) is 3. The molecule has 0 amide bonds. The van der Waals surface area contributed by atoms with Gasteiger partial charge in [0.2, 0.25) is 0 Å². The van der Waals surface area contributed by atoms with Crippen LogP contribution in [0.5, 0.6) is 0 Å². The van der Waals surface area contributed by atoms with Gasteiger partial charge in [0.1, 0.15) is 13.2 Å². The van der Waals surface area contributed by atoms with Crippen molar-refractivity contribution in [3.05, 3.63) is 134 Å². The fourth-order valence-corrected chi connectivity index (χ4v) is 7.18. The lowest BCUT2D eigenvalue weighted by atomic mass is 10.1. The molecule has 0 aromatic carbocycles. The van der Waals surface area contributed by atoms with E-state index in [1.54, 1.807) is 0 Å². The number of rotatable bonds is 49. The molecule has 1 unspecified atom stereocenters. The largest absolute Gasteiger partial charge is 0.462 e. The van der Waals surface area contributed by atoms with Gasteiger partial charge in [-0.05, 0) is 116 Å². The van der Waals surface area contributed by atoms with Crippen molar-refractivity contribution in [1.29, 1.82) is 0 Å². The van der Waals surface area contributed by atoms with Gasteiger partial charge in [-0.15, -0.1) is 0 Å². The molecule has 0 heterocycles. The first-order valence-corrected chi connectivity index (χ1v) is 28.2. The molecule has 0 aliphatic heterocycles. The van der Waals surface area contributed by atoms with Gasteiger partial charge in [-0.1, -0.05) is 231 Å². The molecule has 0 bridgehead atoms. The van der Waals surface area contributed by atoms with Gasteiger partial charge < -0.3 is 14.2 Å². The van der Waals surface area contributed by atoms with E-state index in [-0.39, 0.29) is 31.1 Å². The molecule has 6 nitrogen and oxygen atoms in total. The van der Waals surface area contributed by atoms with Crippen LogP contribution in [0.15, 0.2) is 134 Å². The highest BCUT2D eigenvalue weighted by Crippen LogP contribution is 2.13. The minimum atomic E-state index is -0.791. The van der Waals surface area contributed by atoms with Gasteiger partial charge in [-0.25, -0.2) is 0 Å². The van der Waals surface area contributed by atoms with Gasteiger partial charge in [-0.3, -0.25) is 14.4 Å². The third-order valence-electron chi connectivity index (χ3n) is 11.4. The van der Waals surface area contributed by atoms with E-state index in [1.165, 1.54) is 38.5 Å². The first kappa shape index (κ1) is 65.5. The van der Waals surface area contributed by atoms with Crippen LogP contribution in [0.3, 0.4) is 0 Å². The maximum atomic E-state index is 12.7. The van der Waals surface area contributed by atoms with E-state index in [9.17, 15) is 14.4 Å². The molecule has 0 saturated carbocycles. The van der Waals surface area contributed by atoms with E-state index in [4.69, 9.17) is 14.2 Å². The number of carbonyl (C=O) groups is 3. The molecule has 0 aromatic heterocycles. The Kier molecular flexibility index (Phi) is 53.5. The molecule has 394 valence electrons. The molecule has 0 spiro atoms. The summed E-state index contributed by atoms with van der Waals surface area (Å²) in [7, 11) is 0. The summed E-state index contributed by atoms with van der Waals surface area (Å²) in [5.74, 6) is -0.945. The zero-order valence-electron chi connectivity index (χ0n) is 45.0. The van der Waals surface area contributed by atoms with E-state index in [0.717, 1.165) is 154 Å². The van der Waals surface area contributed by atoms with Crippen LogP contribution in [-0.2, 0) is 28.6 Å². The lowest BCUT2D eigenvalue weighted by molar-refractivity contribution is -0.167. The first-order chi connectivity index (χ1) is 34.5. The van der Waals surface area contributed by atoms with E-state index in [0.29, 0.717) is 19.3 Å². The third kappa shape index (κ3) is 54.5. The first-order valence-electron chi connectivity index (χ1n) is 28.2. The zero-order chi connectivity index (χ0) is 50.7. The predicted octanol–water partition coefficient (Wildman–Crippen LogP) is 19.0. The Morgan fingerprint density at radius 1 is 0.300 bits per heavy atom. The molecule has 0 rings (SSSR count). The summed E-state index contributed by atoms with van der Waals surface area (Å²) in [5, 5.41) is 0. The Balaban J connectivity index is 4.15. The maximum Gasteiger partial charge on any atom is 0.306 e. The van der Waals surface area contributed by atoms with E-state index in [2.05, 4.69) is 154 Å². The molecule has 1 atom stereocenters. The molecule has 0 aromatic rings. The van der Waals surface area contributed by atoms with Gasteiger partial charge >= 0.3 is 17.9 Å². The Labute approximate surface area is 430 Å². The summed E-state index contributed by atoms with van der Waals surface area (Å²) in [4.78, 5) is 37.7. The topological polar surface area (TPSA) is 78.9 Å². The van der Waals surface area contributed by atoms with Crippen molar-refractivity contribution < 1.29 is 28.6 Å². The highest BCUT2D eigenvalue weighted by molar-refractivity contribution is 5.71. The average molecular weight is 968 g/mol. The van der Waals surface area contributed by atoms with Gasteiger partial charge in [0, 0.05) is 19.3 Å². The van der Waals surface area contributed by atoms with Crippen molar-refractivity contribution in [3.8, 4) is 0 Å². The molecule has 0 aliphatic rings. The lowest BCUT2D eigenvalue weighted by Gasteiger charge is -2.18. The van der Waals surface area contributed by atoms with Crippen LogP contribution < -0.4 is 0 Å². The minimum Gasteiger partial charge on any atom is -0.462 e. The Hall–Kier alpha value is -4.45. The van der Waals surface area contributed by atoms with Crippen molar-refractivity contribution in [1.82, 2.24) is 0 Å². The van der Waals surface area contributed by atoms with E-state index >= 15 is 0 Å². The zero-order valence-corrected chi connectivity index (χ0v) is 45.0. The molecule has 0 fully saturated rings. The number of hydrogen-bond donors (Lipinski definition) is 0. The summed E-state index contributed by atoms with van der Waals surface area (Å²) in [6, 6.07) is 0. The summed E-state index contributed by atoms with van der Waals surface area (Å²) in [6.07, 6.45) is 80.5. The third-order valence-corrected chi connectivity index (χ3v) is 11.4. The summed E-state index contributed by atoms with van der Waals surface area (Å²) >= 11 is 0. The van der Waals surface area contributed by atoms with Gasteiger partial charge in [0.15, 0.2) is 6.10 Å². The smallest absolute Gasteiger partial charge is 0.306 e. The highest BCUT2D eigenvalue weighted by Gasteiger charge is 2.19. The lowest BCUT2D eigenvalue weighted by Crippen LogP contribution is -2.30. The van der Waals surface area contributed by atoms with E-state index in [1.807, 2.05) is 0 Å². The fraction of sp³-hybridized carbons (Fsp3) is 0.609. The maximum absolute atomic E-state index is 12.7. The van der Waals surface area contributed by atoms with Crippen LogP contribution in [-0.4, -0.2) is 37.2 Å². The Bertz CT molecular complexity index is 1530. The molecule has 0 aliphatic carbocycles. The number of hydrogen-bond acceptors (Lipinski definition) is 6. The Morgan fingerprint density at radius 3 is 0.943 bits per heavy atom. The fourth-order valence-electron chi connectivity index (χ4n) is 7.18. The second-order valence-corrected chi connectivity index (χ2v) is 18.1. The molecule has 0 radical (unpaired) electrons. The molecule has 0 saturated heterocycles. The monoisotopic (exact) mass is 967 g/mol. The molecule has 0 N–H and O–H groups in total. The predicted molar refractivity (Wildman–Crippen MR) is 302 cm³/mol. The number of unbranched alkanes of at least 4 members (excludes halogenated alkanes) is 16. The SMILES string of the molecule is CC/C=C\C/C=C\C/C=C\C/C=C\C/C=C\C/C=C\C/C=C\C/C=C\C/C=C\C/C=C\CCCCCCC(=O)OCC(COC(=O)CCCCCCCCC)OC(=O)CCCCCCC/C=C\CCC. The second-order valence-electron chi connectivity index (χ2n) is 18.1. The van der Waals surface area contributed by atoms with Gasteiger partial charge in [0.05, 0.1) is 0 Å². The Morgan fingerprint density at radius 2 is 0.586 bits per heavy atom. The highest BCUT2D eigenvalue weighted by atomic mass is 16.6. The van der Waals surface area contributed by atoms with Crippen molar-refractivity contribution >= 4 is 17.9 Å². The second kappa shape index (κ2) is 57.1. The van der Waals surface area contributed by atoms with Gasteiger partial charge in [-0.2, -0.15) is 0 Å². The minimum absolute atomic E-state index is 0.0919. The summed E-state index contributed by atoms with van der Waals surface area (Å²) < 4.78 is 16.7. The van der Waals surface area contributed by atoms with Crippen molar-refractivity contribution in [2.75, 3.05) is 13.2 Å². The number of carbonyl (C=O) groups excluding carboxylic acids is 3. The quantitative estimate of drug-likeness (QED) is 0.0262. The van der Waals surface area contributed by atoms with Crippen LogP contribution in [0.4, 0.5) is 0 Å². The van der Waals surface area contributed by atoms with Crippen LogP contribution in [0.25, 0.3) is 0 Å². The number of esters is 3. The van der Waals surface area contributed by atoms with Crippen LogP contribution >= 0.6 is 0 Å². The molecular formula is C64H102O6. The number of allylic oxidation sites excluding steroid dienone is 22. The summed E-state index contributed by atoms with van der Waals surface area (Å²) in [5.41, 5.74) is 0. The van der Waals surface area contributed by atoms with Crippen LogP contribution in [0, 0.1) is 0 Å². The molecular weight excluding hydrogens is 865 g/mol. The standard InChI is InChI=1S/C64H102O6/c1-4-7-10-13-16-18-20-21-22-23-24-25-26-27-28-29-30-31-32-33-34-35-36-37-38-39-40-41-42-43-44-46-48-51-54-57-63(66)69-60-61(59-68-62(65)56-53-50-47-15-12-9-6-3)70-64(67)58-55-52-49-45-19-17-14-11-8-5-2/h7,10-11,14,16,18,21-22,24-25,27-28,30-31,33-34,36-37,39-40,42-43,61H,4-6,8-9,12-13,15,17,19-20,23,26,29,32,35,38,41,44-60H2,1-3H3/b10-7-,14-11-,18-16-,22-21-,25-24-,28-27-,31-30-,34-33-,37-36-,40-39-,43-42-. The summed E-state index contributed by atoms with van der Waals surface area (Å²) in [6.45, 7) is 6.37. The average Bonchev–Trinajstić information content (AvgIpc) is 3.36. The molecule has 70 heavy (non-hydrogen) atoms. The van der Waals surface area contributed by atoms with Crippen molar-refractivity contribution in [2.45, 2.75) is 239 Å². The van der Waals surface area contributed by atoms with Crippen molar-refractivity contribution in [3.63, 3.8) is 0 Å². The van der Waals surface area contributed by atoms with Crippen LogP contribution in [0.1, 0.15) is 233 Å². The van der Waals surface area contributed by atoms with Crippen LogP contribution in [0.2, 0.25) is 0 Å². The van der Waals surface area contributed by atoms with Crippen molar-refractivity contribution in [2.24, 2.45) is 0 Å². The normalized spacial score (nSPS) is 13.1. The van der Waals surface area contributed by atoms with Gasteiger partial charge in [0.25, 0.3) is 0 Å².